The van der Waals surface area contributed by atoms with Crippen molar-refractivity contribution in [3.63, 3.8) is 0 Å². The van der Waals surface area contributed by atoms with E-state index in [4.69, 9.17) is 5.21 Å². The summed E-state index contributed by atoms with van der Waals surface area (Å²) in [5.74, 6) is 0. The fraction of sp³-hybridized carbons (Fsp3) is 0.167. The maximum atomic E-state index is 7.91. The van der Waals surface area contributed by atoms with Crippen LogP contribution in [-0.4, -0.2) is 11.4 Å². The number of oxime groups is 1. The first-order chi connectivity index (χ1) is 4.27. The summed E-state index contributed by atoms with van der Waals surface area (Å²) in [6.45, 7) is 1.86. The van der Waals surface area contributed by atoms with Crippen LogP contribution in [0.3, 0.4) is 0 Å². The van der Waals surface area contributed by atoms with E-state index in [9.17, 15) is 0 Å². The smallest absolute Gasteiger partial charge is 0.0661 e. The van der Waals surface area contributed by atoms with Crippen molar-refractivity contribution in [2.75, 3.05) is 0 Å². The monoisotopic (exact) mass is 143 g/mol. The highest BCUT2D eigenvalue weighted by molar-refractivity contribution is 7.84. The third-order valence-electron chi connectivity index (χ3n) is 0.601. The maximum absolute atomic E-state index is 7.91. The Morgan fingerprint density at radius 3 is 2.67 bits per heavy atom. The Bertz CT molecular complexity index is 145. The van der Waals surface area contributed by atoms with Gasteiger partial charge in [-0.3, -0.25) is 0 Å². The van der Waals surface area contributed by atoms with Gasteiger partial charge in [-0.15, -0.1) is 12.6 Å². The summed E-state index contributed by atoms with van der Waals surface area (Å²) in [4.78, 5) is 0.914. The zero-order valence-corrected chi connectivity index (χ0v) is 6.05. The van der Waals surface area contributed by atoms with E-state index in [-0.39, 0.29) is 0 Å². The molecule has 0 rings (SSSR count). The van der Waals surface area contributed by atoms with Crippen LogP contribution in [0.5, 0.6) is 0 Å². The van der Waals surface area contributed by atoms with E-state index in [1.807, 2.05) is 6.92 Å². The van der Waals surface area contributed by atoms with E-state index in [1.165, 1.54) is 6.21 Å². The molecule has 0 saturated carbocycles. The molecule has 0 amide bonds. The lowest BCUT2D eigenvalue weighted by Gasteiger charge is -1.77. The average molecular weight is 143 g/mol. The normalized spacial score (nSPS) is 13.8. The minimum atomic E-state index is 0.914. The molecule has 1 N–H and O–H groups in total. The highest BCUT2D eigenvalue weighted by atomic mass is 32.1. The van der Waals surface area contributed by atoms with E-state index in [1.54, 1.807) is 18.2 Å². The van der Waals surface area contributed by atoms with Gasteiger partial charge in [-0.2, -0.15) is 0 Å². The van der Waals surface area contributed by atoms with Gasteiger partial charge in [0, 0.05) is 0 Å². The second kappa shape index (κ2) is 5.44. The third kappa shape index (κ3) is 7.30. The van der Waals surface area contributed by atoms with Crippen molar-refractivity contribution in [1.82, 2.24) is 0 Å². The molecular formula is C6H9NOS. The average Bonchev–Trinajstić information content (AvgIpc) is 1.80. The zero-order chi connectivity index (χ0) is 7.11. The van der Waals surface area contributed by atoms with Gasteiger partial charge in [-0.25, -0.2) is 0 Å². The quantitative estimate of drug-likeness (QED) is 0.200. The second-order valence-corrected chi connectivity index (χ2v) is 2.16. The van der Waals surface area contributed by atoms with Crippen LogP contribution >= 0.6 is 12.6 Å². The molecule has 9 heavy (non-hydrogen) atoms. The maximum Gasteiger partial charge on any atom is 0.0661 e. The third-order valence-corrected chi connectivity index (χ3v) is 0.750. The van der Waals surface area contributed by atoms with Gasteiger partial charge in [0.05, 0.1) is 6.21 Å². The van der Waals surface area contributed by atoms with Crippen LogP contribution in [0.4, 0.5) is 0 Å². The molecule has 0 radical (unpaired) electrons. The largest absolute Gasteiger partial charge is 0.411 e. The summed E-state index contributed by atoms with van der Waals surface area (Å²) in [6.07, 6.45) is 6.43. The minimum Gasteiger partial charge on any atom is -0.411 e. The predicted octanol–water partition coefficient (Wildman–Crippen LogP) is 1.84. The summed E-state index contributed by atoms with van der Waals surface area (Å²) in [6, 6.07) is 0. The topological polar surface area (TPSA) is 32.6 Å². The van der Waals surface area contributed by atoms with Crippen molar-refractivity contribution in [2.24, 2.45) is 5.16 Å². The van der Waals surface area contributed by atoms with Crippen LogP contribution < -0.4 is 0 Å². The van der Waals surface area contributed by atoms with Crippen molar-refractivity contribution in [3.05, 3.63) is 23.1 Å². The van der Waals surface area contributed by atoms with Crippen molar-refractivity contribution < 1.29 is 5.21 Å². The summed E-state index contributed by atoms with van der Waals surface area (Å²) < 4.78 is 0. The van der Waals surface area contributed by atoms with Gasteiger partial charge in [-0.05, 0) is 17.9 Å². The Morgan fingerprint density at radius 1 is 1.56 bits per heavy atom. The fourth-order valence-corrected chi connectivity index (χ4v) is 0.369. The number of hydrogen-bond acceptors (Lipinski definition) is 3. The number of allylic oxidation sites excluding steroid dienone is 4. The van der Waals surface area contributed by atoms with Crippen molar-refractivity contribution in [1.29, 1.82) is 0 Å². The highest BCUT2D eigenvalue weighted by Gasteiger charge is 1.68. The molecule has 50 valence electrons. The molecule has 0 aliphatic rings. The number of thiol groups is 1. The molecule has 0 atom stereocenters. The van der Waals surface area contributed by atoms with E-state index >= 15 is 0 Å². The van der Waals surface area contributed by atoms with Crippen LogP contribution in [0.1, 0.15) is 6.92 Å². The van der Waals surface area contributed by atoms with Crippen LogP contribution in [0, 0.1) is 0 Å². The zero-order valence-electron chi connectivity index (χ0n) is 5.15. The van der Waals surface area contributed by atoms with Crippen LogP contribution in [-0.2, 0) is 0 Å². The molecule has 0 spiro atoms. The molecule has 0 heterocycles. The van der Waals surface area contributed by atoms with Crippen LogP contribution in [0.15, 0.2) is 28.3 Å². The summed E-state index contributed by atoms with van der Waals surface area (Å²) in [7, 11) is 0. The van der Waals surface area contributed by atoms with Gasteiger partial charge >= 0.3 is 0 Å². The molecule has 0 unspecified atom stereocenters. The number of hydrogen-bond donors (Lipinski definition) is 2. The Balaban J connectivity index is 3.60. The molecule has 0 aliphatic carbocycles. The van der Waals surface area contributed by atoms with Gasteiger partial charge < -0.3 is 5.21 Å². The SMILES string of the molecule is C\C(S)=C/C=C\C=N\O. The molecule has 0 fully saturated rings. The molecule has 2 nitrogen and oxygen atoms in total. The van der Waals surface area contributed by atoms with Gasteiger partial charge in [0.2, 0.25) is 0 Å². The van der Waals surface area contributed by atoms with Crippen LogP contribution in [0.25, 0.3) is 0 Å². The van der Waals surface area contributed by atoms with E-state index < -0.39 is 0 Å². The Hall–Kier alpha value is -0.700. The lowest BCUT2D eigenvalue weighted by molar-refractivity contribution is 0.322. The molecule has 0 aromatic rings. The standard InChI is InChI=1S/C6H9NOS/c1-6(9)4-2-3-5-7-8/h2-5,8-9H,1H3/b3-2-,6-4+,7-5+. The van der Waals surface area contributed by atoms with Crippen molar-refractivity contribution >= 4 is 18.8 Å². The van der Waals surface area contributed by atoms with Gasteiger partial charge in [0.25, 0.3) is 0 Å². The predicted molar refractivity (Wildman–Crippen MR) is 42.2 cm³/mol. The molecule has 0 aromatic heterocycles. The molecule has 0 bridgehead atoms. The van der Waals surface area contributed by atoms with Crippen molar-refractivity contribution in [3.8, 4) is 0 Å². The molecular weight excluding hydrogens is 134 g/mol. The van der Waals surface area contributed by atoms with Crippen LogP contribution in [0.2, 0.25) is 0 Å². The van der Waals surface area contributed by atoms with E-state index in [0.717, 1.165) is 4.91 Å². The summed E-state index contributed by atoms with van der Waals surface area (Å²) in [5.41, 5.74) is 0. The van der Waals surface area contributed by atoms with Gasteiger partial charge in [0.15, 0.2) is 0 Å². The Morgan fingerprint density at radius 2 is 2.22 bits per heavy atom. The fourth-order valence-electron chi connectivity index (χ4n) is 0.283. The van der Waals surface area contributed by atoms with E-state index in [2.05, 4.69) is 17.8 Å². The first kappa shape index (κ1) is 8.30. The minimum absolute atomic E-state index is 0.914. The summed E-state index contributed by atoms with van der Waals surface area (Å²) in [5, 5.41) is 10.7. The first-order valence-electron chi connectivity index (χ1n) is 2.47. The molecule has 0 saturated heterocycles. The second-order valence-electron chi connectivity index (χ2n) is 1.46. The van der Waals surface area contributed by atoms with Gasteiger partial charge in [0.1, 0.15) is 0 Å². The lowest BCUT2D eigenvalue weighted by Crippen LogP contribution is -1.61. The number of rotatable bonds is 2. The molecule has 0 aliphatic heterocycles. The van der Waals surface area contributed by atoms with Crippen molar-refractivity contribution in [2.45, 2.75) is 6.92 Å². The molecule has 0 aromatic carbocycles. The molecule has 3 heteroatoms. The summed E-state index contributed by atoms with van der Waals surface area (Å²) >= 11 is 4.00. The number of nitrogens with zero attached hydrogens (tertiary/aromatic N) is 1. The van der Waals surface area contributed by atoms with E-state index in [0.29, 0.717) is 0 Å². The van der Waals surface area contributed by atoms with Gasteiger partial charge in [-0.1, -0.05) is 17.3 Å². The lowest BCUT2D eigenvalue weighted by atomic mass is 10.4. The Labute approximate surface area is 60.0 Å². The Kier molecular flexibility index (Phi) is 5.01. The highest BCUT2D eigenvalue weighted by Crippen LogP contribution is 1.95. The first-order valence-corrected chi connectivity index (χ1v) is 2.92.